The molecule has 0 radical (unpaired) electrons. The fourth-order valence-corrected chi connectivity index (χ4v) is 4.37. The number of aromatic nitrogens is 1. The summed E-state index contributed by atoms with van der Waals surface area (Å²) in [6, 6.07) is 12.9. The van der Waals surface area contributed by atoms with E-state index in [1.165, 1.54) is 0 Å². The molecule has 1 heterocycles. The minimum atomic E-state index is -0.919. The van der Waals surface area contributed by atoms with Crippen molar-refractivity contribution in [2.24, 2.45) is 0 Å². The first-order chi connectivity index (χ1) is 15.9. The minimum absolute atomic E-state index is 0.0361. The fraction of sp³-hybridized carbons (Fsp3) is 0.385. The van der Waals surface area contributed by atoms with Crippen molar-refractivity contribution >= 4 is 17.6 Å². The number of hydrogen-bond acceptors (Lipinski definition) is 5. The Morgan fingerprint density at radius 3 is 2.48 bits per heavy atom. The number of carboxylic acid groups (broad SMARTS) is 1. The molecule has 4 rings (SSSR count). The van der Waals surface area contributed by atoms with Crippen molar-refractivity contribution in [1.29, 1.82) is 0 Å². The molecule has 2 atom stereocenters. The van der Waals surface area contributed by atoms with Gasteiger partial charge in [-0.15, -0.1) is 0 Å². The van der Waals surface area contributed by atoms with Gasteiger partial charge in [0.05, 0.1) is 31.0 Å². The number of carboxylic acids is 1. The lowest BCUT2D eigenvalue weighted by molar-refractivity contribution is -0.0564. The van der Waals surface area contributed by atoms with Crippen molar-refractivity contribution in [3.05, 3.63) is 75.6 Å². The fourth-order valence-electron chi connectivity index (χ4n) is 4.24. The molecule has 0 spiro atoms. The Morgan fingerprint density at radius 2 is 1.79 bits per heavy atom. The summed E-state index contributed by atoms with van der Waals surface area (Å²) in [4.78, 5) is 16.2. The molecule has 0 bridgehead atoms. The molecule has 174 valence electrons. The Bertz CT molecular complexity index is 1110. The van der Waals surface area contributed by atoms with Crippen molar-refractivity contribution in [2.75, 3.05) is 0 Å². The van der Waals surface area contributed by atoms with E-state index in [0.717, 1.165) is 48.3 Å². The third-order valence-electron chi connectivity index (χ3n) is 6.07. The quantitative estimate of drug-likeness (QED) is 0.413. The second kappa shape index (κ2) is 10.5. The number of carbonyl (C=O) groups is 1. The predicted octanol–water partition coefficient (Wildman–Crippen LogP) is 6.35. The molecule has 1 saturated carbocycles. The van der Waals surface area contributed by atoms with Crippen LogP contribution in [0.15, 0.2) is 46.9 Å². The van der Waals surface area contributed by atoms with Gasteiger partial charge in [-0.05, 0) is 74.9 Å². The van der Waals surface area contributed by atoms with Gasteiger partial charge in [-0.2, -0.15) is 0 Å². The lowest BCUT2D eigenvalue weighted by Gasteiger charge is -2.29. The van der Waals surface area contributed by atoms with Crippen molar-refractivity contribution in [2.45, 2.75) is 65.0 Å². The summed E-state index contributed by atoms with van der Waals surface area (Å²) in [5, 5.41) is 10.2. The first-order valence-corrected chi connectivity index (χ1v) is 11.6. The maximum Gasteiger partial charge on any atom is 0.336 e. The summed E-state index contributed by atoms with van der Waals surface area (Å²) in [5.41, 5.74) is 3.44. The molecule has 7 heteroatoms. The van der Waals surface area contributed by atoms with Crippen molar-refractivity contribution in [3.8, 4) is 11.5 Å². The molecule has 1 aromatic heterocycles. The summed E-state index contributed by atoms with van der Waals surface area (Å²) in [5.74, 6) is 0.377. The van der Waals surface area contributed by atoms with Gasteiger partial charge < -0.3 is 19.0 Å². The zero-order chi connectivity index (χ0) is 23.4. The predicted molar refractivity (Wildman–Crippen MR) is 125 cm³/mol. The van der Waals surface area contributed by atoms with Gasteiger partial charge in [-0.1, -0.05) is 29.8 Å². The molecule has 1 aliphatic rings. The number of oxazole rings is 1. The van der Waals surface area contributed by atoms with Gasteiger partial charge in [-0.25, -0.2) is 9.78 Å². The summed E-state index contributed by atoms with van der Waals surface area (Å²) in [6.07, 6.45) is 3.78. The van der Waals surface area contributed by atoms with Crippen molar-refractivity contribution in [1.82, 2.24) is 4.98 Å². The topological polar surface area (TPSA) is 81.8 Å². The molecule has 0 aliphatic heterocycles. The third-order valence-corrected chi connectivity index (χ3v) is 6.32. The molecule has 1 fully saturated rings. The summed E-state index contributed by atoms with van der Waals surface area (Å²) in [7, 11) is 0. The highest BCUT2D eigenvalue weighted by atomic mass is 35.5. The van der Waals surface area contributed by atoms with E-state index in [4.69, 9.17) is 25.5 Å². The maximum absolute atomic E-state index is 11.6. The van der Waals surface area contributed by atoms with E-state index in [2.05, 4.69) is 4.98 Å². The zero-order valence-corrected chi connectivity index (χ0v) is 19.6. The second-order valence-electron chi connectivity index (χ2n) is 8.48. The number of aryl methyl sites for hydroxylation is 2. The normalized spacial score (nSPS) is 18.4. The van der Waals surface area contributed by atoms with Gasteiger partial charge in [0.25, 0.3) is 0 Å². The van der Waals surface area contributed by atoms with Gasteiger partial charge in [0.1, 0.15) is 11.5 Å². The van der Waals surface area contributed by atoms with E-state index >= 15 is 0 Å². The van der Waals surface area contributed by atoms with Gasteiger partial charge in [-0.3, -0.25) is 0 Å². The minimum Gasteiger partial charge on any atom is -0.478 e. The Labute approximate surface area is 198 Å². The van der Waals surface area contributed by atoms with E-state index < -0.39 is 5.97 Å². The molecule has 1 aliphatic carbocycles. The van der Waals surface area contributed by atoms with Gasteiger partial charge in [0.15, 0.2) is 0 Å². The molecular formula is C26H28ClNO5. The Kier molecular flexibility index (Phi) is 7.48. The first kappa shape index (κ1) is 23.5. The molecule has 2 aromatic carbocycles. The Balaban J connectivity index is 1.32. The van der Waals surface area contributed by atoms with Crippen LogP contribution < -0.4 is 0 Å². The lowest BCUT2D eigenvalue weighted by atomic mass is 9.94. The van der Waals surface area contributed by atoms with E-state index in [1.807, 2.05) is 56.3 Å². The Hall–Kier alpha value is -2.67. The van der Waals surface area contributed by atoms with E-state index in [-0.39, 0.29) is 18.8 Å². The van der Waals surface area contributed by atoms with Crippen LogP contribution in [0, 0.1) is 13.8 Å². The van der Waals surface area contributed by atoms with E-state index in [9.17, 15) is 9.90 Å². The van der Waals surface area contributed by atoms with Crippen LogP contribution in [-0.4, -0.2) is 28.3 Å². The largest absolute Gasteiger partial charge is 0.478 e. The highest BCUT2D eigenvalue weighted by Gasteiger charge is 2.25. The van der Waals surface area contributed by atoms with Crippen LogP contribution in [0.3, 0.4) is 0 Å². The SMILES string of the molecule is Cc1cccc(COC2CCCC(OCc3nc(-c4ccc(Cl)cc4)oc3C)C2)c1C(=O)O. The molecule has 0 saturated heterocycles. The average Bonchev–Trinajstić information content (AvgIpc) is 3.17. The Morgan fingerprint density at radius 1 is 1.09 bits per heavy atom. The van der Waals surface area contributed by atoms with Crippen LogP contribution in [0.1, 0.15) is 58.6 Å². The van der Waals surface area contributed by atoms with Crippen LogP contribution in [-0.2, 0) is 22.7 Å². The van der Waals surface area contributed by atoms with Crippen LogP contribution in [0.25, 0.3) is 11.5 Å². The number of rotatable bonds is 8. The summed E-state index contributed by atoms with van der Waals surface area (Å²) < 4.78 is 18.1. The summed E-state index contributed by atoms with van der Waals surface area (Å²) in [6.45, 7) is 4.36. The first-order valence-electron chi connectivity index (χ1n) is 11.2. The van der Waals surface area contributed by atoms with Crippen LogP contribution in [0.2, 0.25) is 5.02 Å². The molecule has 6 nitrogen and oxygen atoms in total. The number of halogens is 1. The molecular weight excluding hydrogens is 442 g/mol. The molecule has 3 aromatic rings. The zero-order valence-electron chi connectivity index (χ0n) is 18.8. The molecule has 1 N–H and O–H groups in total. The van der Waals surface area contributed by atoms with Crippen LogP contribution in [0.4, 0.5) is 0 Å². The standard InChI is InChI=1S/C26H28ClNO5/c1-16-5-3-6-19(24(16)26(29)30)14-31-21-7-4-8-22(13-21)32-15-23-17(2)33-25(28-23)18-9-11-20(27)12-10-18/h3,5-6,9-12,21-22H,4,7-8,13-15H2,1-2H3,(H,29,30). The molecule has 2 unspecified atom stereocenters. The van der Waals surface area contributed by atoms with Crippen molar-refractivity contribution < 1.29 is 23.8 Å². The lowest BCUT2D eigenvalue weighted by Crippen LogP contribution is -2.28. The molecule has 33 heavy (non-hydrogen) atoms. The van der Waals surface area contributed by atoms with Crippen LogP contribution in [0.5, 0.6) is 0 Å². The highest BCUT2D eigenvalue weighted by molar-refractivity contribution is 6.30. The monoisotopic (exact) mass is 469 g/mol. The number of hydrogen-bond donors (Lipinski definition) is 1. The highest BCUT2D eigenvalue weighted by Crippen LogP contribution is 2.28. The number of aromatic carboxylic acids is 1. The van der Waals surface area contributed by atoms with Gasteiger partial charge in [0.2, 0.25) is 5.89 Å². The summed E-state index contributed by atoms with van der Waals surface area (Å²) >= 11 is 5.96. The maximum atomic E-state index is 11.6. The smallest absolute Gasteiger partial charge is 0.336 e. The van der Waals surface area contributed by atoms with Gasteiger partial charge >= 0.3 is 5.97 Å². The number of ether oxygens (including phenoxy) is 2. The average molecular weight is 470 g/mol. The van der Waals surface area contributed by atoms with Crippen LogP contribution >= 0.6 is 11.6 Å². The third kappa shape index (κ3) is 5.82. The van der Waals surface area contributed by atoms with Gasteiger partial charge in [0, 0.05) is 10.6 Å². The number of nitrogens with zero attached hydrogens (tertiary/aromatic N) is 1. The molecule has 0 amide bonds. The van der Waals surface area contributed by atoms with Crippen molar-refractivity contribution in [3.63, 3.8) is 0 Å². The van der Waals surface area contributed by atoms with E-state index in [1.54, 1.807) is 0 Å². The second-order valence-corrected chi connectivity index (χ2v) is 8.91. The van der Waals surface area contributed by atoms with E-state index in [0.29, 0.717) is 28.6 Å². The number of benzene rings is 2.